The summed E-state index contributed by atoms with van der Waals surface area (Å²) in [5, 5.41) is 0. The number of halogens is 1. The maximum Gasteiger partial charge on any atom is 0.417 e. The molecule has 0 saturated carbocycles. The number of aromatic amines is 1. The zero-order valence-corrected chi connectivity index (χ0v) is 9.37. The Labute approximate surface area is 92.8 Å². The van der Waals surface area contributed by atoms with Crippen molar-refractivity contribution in [1.29, 1.82) is 0 Å². The molecule has 1 amide bonds. The van der Waals surface area contributed by atoms with Crippen LogP contribution in [-0.4, -0.2) is 16.8 Å². The number of aromatic nitrogens is 1. The summed E-state index contributed by atoms with van der Waals surface area (Å²) in [4.78, 5) is 25.6. The Bertz CT molecular complexity index is 572. The highest BCUT2D eigenvalue weighted by Gasteiger charge is 2.09. The van der Waals surface area contributed by atoms with Crippen LogP contribution in [0.25, 0.3) is 11.1 Å². The molecular formula is C9H7BrN2O3. The maximum absolute atomic E-state index is 11.0. The first-order valence-corrected chi connectivity index (χ1v) is 4.93. The van der Waals surface area contributed by atoms with Gasteiger partial charge in [-0.05, 0) is 12.1 Å². The molecule has 0 bridgehead atoms. The van der Waals surface area contributed by atoms with E-state index in [9.17, 15) is 9.59 Å². The lowest BCUT2D eigenvalue weighted by molar-refractivity contribution is 0.267. The average Bonchev–Trinajstić information content (AvgIpc) is 2.55. The Morgan fingerprint density at radius 2 is 2.27 bits per heavy atom. The quantitative estimate of drug-likeness (QED) is 0.637. The fraction of sp³-hybridized carbons (Fsp3) is 0.111. The molecule has 6 heteroatoms. The van der Waals surface area contributed by atoms with Crippen molar-refractivity contribution in [3.05, 3.63) is 28.7 Å². The number of benzene rings is 1. The van der Waals surface area contributed by atoms with Gasteiger partial charge in [-0.25, -0.2) is 4.79 Å². The molecule has 1 aromatic carbocycles. The van der Waals surface area contributed by atoms with E-state index in [1.165, 1.54) is 4.90 Å². The van der Waals surface area contributed by atoms with Crippen molar-refractivity contribution >= 4 is 37.5 Å². The lowest BCUT2D eigenvalue weighted by Crippen LogP contribution is -2.18. The molecule has 0 unspecified atom stereocenters. The van der Waals surface area contributed by atoms with Crippen molar-refractivity contribution in [2.24, 2.45) is 0 Å². The fourth-order valence-corrected chi connectivity index (χ4v) is 1.45. The monoisotopic (exact) mass is 270 g/mol. The Morgan fingerprint density at radius 1 is 1.53 bits per heavy atom. The van der Waals surface area contributed by atoms with Crippen molar-refractivity contribution < 1.29 is 9.21 Å². The Morgan fingerprint density at radius 3 is 2.93 bits per heavy atom. The smallest absolute Gasteiger partial charge is 0.408 e. The molecular weight excluding hydrogens is 264 g/mol. The van der Waals surface area contributed by atoms with Crippen molar-refractivity contribution in [3.63, 3.8) is 0 Å². The first-order valence-electron chi connectivity index (χ1n) is 4.14. The van der Waals surface area contributed by atoms with Crippen molar-refractivity contribution in [2.45, 2.75) is 0 Å². The van der Waals surface area contributed by atoms with Crippen LogP contribution in [0.5, 0.6) is 0 Å². The van der Waals surface area contributed by atoms with E-state index in [0.29, 0.717) is 16.8 Å². The summed E-state index contributed by atoms with van der Waals surface area (Å²) in [6, 6.07) is 5.02. The lowest BCUT2D eigenvalue weighted by Gasteiger charge is -2.12. The third-order valence-electron chi connectivity index (χ3n) is 2.06. The van der Waals surface area contributed by atoms with Gasteiger partial charge in [0.05, 0.1) is 5.52 Å². The molecule has 2 aromatic rings. The molecule has 5 nitrogen and oxygen atoms in total. The number of nitrogens with zero attached hydrogens (tertiary/aromatic N) is 1. The molecule has 0 aliphatic heterocycles. The molecule has 0 spiro atoms. The molecule has 78 valence electrons. The number of rotatable bonds is 1. The maximum atomic E-state index is 11.0. The Hall–Kier alpha value is -1.56. The van der Waals surface area contributed by atoms with E-state index >= 15 is 0 Å². The number of amides is 1. The number of oxazole rings is 1. The van der Waals surface area contributed by atoms with Crippen LogP contribution in [0.2, 0.25) is 0 Å². The minimum Gasteiger partial charge on any atom is -0.408 e. The summed E-state index contributed by atoms with van der Waals surface area (Å²) >= 11 is 2.83. The molecule has 1 heterocycles. The number of anilines is 1. The second kappa shape index (κ2) is 3.54. The third-order valence-corrected chi connectivity index (χ3v) is 2.59. The minimum atomic E-state index is -0.505. The molecule has 0 fully saturated rings. The van der Waals surface area contributed by atoms with Gasteiger partial charge < -0.3 is 9.32 Å². The van der Waals surface area contributed by atoms with Gasteiger partial charge in [-0.1, -0.05) is 0 Å². The fourth-order valence-electron chi connectivity index (χ4n) is 1.24. The Kier molecular flexibility index (Phi) is 2.36. The summed E-state index contributed by atoms with van der Waals surface area (Å²) in [6.45, 7) is 0. The highest BCUT2D eigenvalue weighted by Crippen LogP contribution is 2.20. The predicted molar refractivity (Wildman–Crippen MR) is 59.6 cm³/mol. The van der Waals surface area contributed by atoms with Gasteiger partial charge in [0.2, 0.25) is 0 Å². The van der Waals surface area contributed by atoms with Crippen molar-refractivity contribution in [3.8, 4) is 0 Å². The SMILES string of the molecule is CN(C(=O)Br)c1ccc2[nH]c(=O)oc2c1. The van der Waals surface area contributed by atoms with Gasteiger partial charge in [-0.15, -0.1) is 0 Å². The standard InChI is InChI=1S/C9H7BrN2O3/c1-12(8(10)13)5-2-3-6-7(4-5)15-9(14)11-6/h2-4H,1H3,(H,11,14). The van der Waals surface area contributed by atoms with E-state index in [4.69, 9.17) is 4.42 Å². The third kappa shape index (κ3) is 1.80. The van der Waals surface area contributed by atoms with E-state index in [0.717, 1.165) is 0 Å². The van der Waals surface area contributed by atoms with Crippen molar-refractivity contribution in [2.75, 3.05) is 11.9 Å². The number of fused-ring (bicyclic) bond motifs is 1. The van der Waals surface area contributed by atoms with Gasteiger partial charge in [0.1, 0.15) is 0 Å². The number of hydrogen-bond donors (Lipinski definition) is 1. The minimum absolute atomic E-state index is 0.264. The van der Waals surface area contributed by atoms with Crippen molar-refractivity contribution in [1.82, 2.24) is 4.98 Å². The molecule has 0 saturated heterocycles. The second-order valence-corrected chi connectivity index (χ2v) is 3.69. The highest BCUT2D eigenvalue weighted by molar-refractivity contribution is 9.18. The normalized spacial score (nSPS) is 10.5. The first kappa shape index (κ1) is 9.97. The second-order valence-electron chi connectivity index (χ2n) is 3.01. The van der Waals surface area contributed by atoms with Crippen LogP contribution in [0.4, 0.5) is 10.5 Å². The molecule has 15 heavy (non-hydrogen) atoms. The largest absolute Gasteiger partial charge is 0.417 e. The van der Waals surface area contributed by atoms with Gasteiger partial charge >= 0.3 is 5.76 Å². The van der Waals surface area contributed by atoms with E-state index in [2.05, 4.69) is 20.9 Å². The number of hydrogen-bond acceptors (Lipinski definition) is 3. The van der Waals surface area contributed by atoms with Crippen LogP contribution in [-0.2, 0) is 0 Å². The van der Waals surface area contributed by atoms with Crippen LogP contribution < -0.4 is 10.7 Å². The predicted octanol–water partition coefficient (Wildman–Crippen LogP) is 2.07. The number of carbonyl (C=O) groups is 1. The average molecular weight is 271 g/mol. The van der Waals surface area contributed by atoms with Crippen LogP contribution in [0.15, 0.2) is 27.4 Å². The number of carbonyl (C=O) groups excluding carboxylic acids is 1. The zero-order chi connectivity index (χ0) is 11.0. The van der Waals surface area contributed by atoms with E-state index in [1.807, 2.05) is 0 Å². The van der Waals surface area contributed by atoms with Gasteiger partial charge in [0.15, 0.2) is 5.58 Å². The molecule has 0 radical (unpaired) electrons. The lowest BCUT2D eigenvalue weighted by atomic mass is 10.3. The molecule has 2 rings (SSSR count). The summed E-state index contributed by atoms with van der Waals surface area (Å²) in [5.74, 6) is -0.505. The number of nitrogens with one attached hydrogen (secondary N) is 1. The van der Waals surface area contributed by atoms with Gasteiger partial charge in [-0.2, -0.15) is 0 Å². The zero-order valence-electron chi connectivity index (χ0n) is 7.78. The van der Waals surface area contributed by atoms with Crippen LogP contribution in [0.3, 0.4) is 0 Å². The Balaban J connectivity index is 2.55. The van der Waals surface area contributed by atoms with Gasteiger partial charge in [0, 0.05) is 34.7 Å². The summed E-state index contributed by atoms with van der Waals surface area (Å²) < 4.78 is 4.87. The van der Waals surface area contributed by atoms with E-state index in [-0.39, 0.29) is 4.82 Å². The van der Waals surface area contributed by atoms with E-state index in [1.54, 1.807) is 25.2 Å². The summed E-state index contributed by atoms with van der Waals surface area (Å²) in [7, 11) is 1.61. The molecule has 1 aromatic heterocycles. The number of H-pyrrole nitrogens is 1. The molecule has 0 aliphatic rings. The first-order chi connectivity index (χ1) is 7.08. The topological polar surface area (TPSA) is 66.3 Å². The van der Waals surface area contributed by atoms with E-state index < -0.39 is 5.76 Å². The van der Waals surface area contributed by atoms with Crippen LogP contribution in [0, 0.1) is 0 Å². The molecule has 0 atom stereocenters. The van der Waals surface area contributed by atoms with Crippen LogP contribution >= 0.6 is 15.9 Å². The molecule has 1 N–H and O–H groups in total. The summed E-state index contributed by atoms with van der Waals surface area (Å²) in [6.07, 6.45) is 0. The van der Waals surface area contributed by atoms with Gasteiger partial charge in [0.25, 0.3) is 4.82 Å². The van der Waals surface area contributed by atoms with Crippen LogP contribution in [0.1, 0.15) is 0 Å². The summed E-state index contributed by atoms with van der Waals surface area (Å²) in [5.41, 5.74) is 1.68. The highest BCUT2D eigenvalue weighted by atomic mass is 79.9. The van der Waals surface area contributed by atoms with Gasteiger partial charge in [-0.3, -0.25) is 9.78 Å². The molecule has 0 aliphatic carbocycles.